The van der Waals surface area contributed by atoms with Crippen LogP contribution in [0.25, 0.3) is 0 Å². The summed E-state index contributed by atoms with van der Waals surface area (Å²) < 4.78 is 0. The van der Waals surface area contributed by atoms with Crippen molar-refractivity contribution in [3.8, 4) is 0 Å². The van der Waals surface area contributed by atoms with Crippen molar-refractivity contribution in [2.24, 2.45) is 0 Å². The van der Waals surface area contributed by atoms with Gasteiger partial charge < -0.3 is 5.32 Å². The first-order chi connectivity index (χ1) is 8.55. The van der Waals surface area contributed by atoms with Crippen molar-refractivity contribution in [3.05, 3.63) is 33.9 Å². The Kier molecular flexibility index (Phi) is 3.07. The van der Waals surface area contributed by atoms with E-state index in [1.807, 2.05) is 13.8 Å². The zero-order valence-electron chi connectivity index (χ0n) is 10.5. The molecule has 1 N–H and O–H groups in total. The second-order valence-corrected chi connectivity index (χ2v) is 4.63. The molecule has 0 spiro atoms. The Morgan fingerprint density at radius 3 is 2.67 bits per heavy atom. The minimum atomic E-state index is -0.601. The van der Waals surface area contributed by atoms with Gasteiger partial charge >= 0.3 is 0 Å². The number of amides is 1. The number of carbonyl (C=O) groups is 1. The summed E-state index contributed by atoms with van der Waals surface area (Å²) in [6.45, 7) is 3.96. The zero-order valence-corrected chi connectivity index (χ0v) is 10.5. The molecule has 1 heterocycles. The van der Waals surface area contributed by atoms with Crippen molar-refractivity contribution in [1.82, 2.24) is 0 Å². The predicted molar refractivity (Wildman–Crippen MR) is 68.6 cm³/mol. The molecule has 0 aromatic heterocycles. The Labute approximate surface area is 105 Å². The average molecular weight is 248 g/mol. The summed E-state index contributed by atoms with van der Waals surface area (Å²) >= 11 is 0. The van der Waals surface area contributed by atoms with E-state index in [4.69, 9.17) is 0 Å². The van der Waals surface area contributed by atoms with E-state index in [-0.39, 0.29) is 11.6 Å². The van der Waals surface area contributed by atoms with Gasteiger partial charge in [-0.25, -0.2) is 0 Å². The molecular formula is C13H16N2O3. The second kappa shape index (κ2) is 4.40. The summed E-state index contributed by atoms with van der Waals surface area (Å²) in [6.07, 6.45) is 2.23. The molecule has 1 aliphatic heterocycles. The summed E-state index contributed by atoms with van der Waals surface area (Å²) in [7, 11) is 0. The Hall–Kier alpha value is -1.91. The summed E-state index contributed by atoms with van der Waals surface area (Å²) in [5, 5.41) is 13.7. The van der Waals surface area contributed by atoms with Crippen LogP contribution in [0.2, 0.25) is 0 Å². The molecule has 96 valence electrons. The molecule has 0 saturated carbocycles. The average Bonchev–Trinajstić information content (AvgIpc) is 2.62. The number of non-ortho nitro benzene ring substituents is 1. The number of benzene rings is 1. The van der Waals surface area contributed by atoms with E-state index in [0.717, 1.165) is 12.0 Å². The number of hydrogen-bond acceptors (Lipinski definition) is 3. The molecule has 0 radical (unpaired) electrons. The first-order valence-electron chi connectivity index (χ1n) is 6.15. The number of nitrogens with one attached hydrogen (secondary N) is 1. The van der Waals surface area contributed by atoms with E-state index in [2.05, 4.69) is 5.32 Å². The summed E-state index contributed by atoms with van der Waals surface area (Å²) in [4.78, 5) is 22.6. The second-order valence-electron chi connectivity index (χ2n) is 4.63. The number of anilines is 1. The van der Waals surface area contributed by atoms with Gasteiger partial charge in [-0.05, 0) is 24.5 Å². The SMILES string of the molecule is CCCC1(CC)C(=O)Nc2ccc([N+](=O)[O-])cc21. The van der Waals surface area contributed by atoms with Crippen LogP contribution in [-0.4, -0.2) is 10.8 Å². The smallest absolute Gasteiger partial charge is 0.269 e. The van der Waals surface area contributed by atoms with Crippen LogP contribution in [0.5, 0.6) is 0 Å². The highest BCUT2D eigenvalue weighted by Gasteiger charge is 2.45. The molecule has 1 amide bonds. The molecule has 0 saturated heterocycles. The van der Waals surface area contributed by atoms with Gasteiger partial charge in [0.1, 0.15) is 0 Å². The summed E-state index contributed by atoms with van der Waals surface area (Å²) in [5.74, 6) is -0.0395. The van der Waals surface area contributed by atoms with Crippen molar-refractivity contribution in [3.63, 3.8) is 0 Å². The predicted octanol–water partition coefficient (Wildman–Crippen LogP) is 2.99. The van der Waals surface area contributed by atoms with Crippen LogP contribution in [0.15, 0.2) is 18.2 Å². The third-order valence-electron chi connectivity index (χ3n) is 3.69. The molecule has 5 heteroatoms. The molecule has 1 atom stereocenters. The fourth-order valence-electron chi connectivity index (χ4n) is 2.72. The van der Waals surface area contributed by atoms with Crippen LogP contribution in [0, 0.1) is 10.1 Å². The van der Waals surface area contributed by atoms with Crippen LogP contribution in [0.4, 0.5) is 11.4 Å². The molecule has 1 aliphatic rings. The van der Waals surface area contributed by atoms with Gasteiger partial charge in [-0.1, -0.05) is 20.3 Å². The maximum Gasteiger partial charge on any atom is 0.269 e. The van der Waals surface area contributed by atoms with E-state index in [9.17, 15) is 14.9 Å². The molecule has 0 fully saturated rings. The Bertz CT molecular complexity index is 513. The van der Waals surface area contributed by atoms with Crippen LogP contribution in [0.1, 0.15) is 38.7 Å². The number of fused-ring (bicyclic) bond motifs is 1. The lowest BCUT2D eigenvalue weighted by molar-refractivity contribution is -0.384. The van der Waals surface area contributed by atoms with Gasteiger partial charge in [0.15, 0.2) is 0 Å². The number of nitro groups is 1. The molecular weight excluding hydrogens is 232 g/mol. The largest absolute Gasteiger partial charge is 0.325 e. The van der Waals surface area contributed by atoms with E-state index in [0.29, 0.717) is 18.5 Å². The van der Waals surface area contributed by atoms with Gasteiger partial charge in [0.25, 0.3) is 5.69 Å². The Morgan fingerprint density at radius 1 is 1.39 bits per heavy atom. The third kappa shape index (κ3) is 1.66. The standard InChI is InChI=1S/C13H16N2O3/c1-3-7-13(4-2)10-8-9(15(17)18)5-6-11(10)14-12(13)16/h5-6,8H,3-4,7H2,1-2H3,(H,14,16). The van der Waals surface area contributed by atoms with Gasteiger partial charge in [-0.3, -0.25) is 14.9 Å². The molecule has 0 bridgehead atoms. The van der Waals surface area contributed by atoms with Crippen LogP contribution in [0.3, 0.4) is 0 Å². The molecule has 1 aromatic rings. The number of hydrogen-bond donors (Lipinski definition) is 1. The van der Waals surface area contributed by atoms with Crippen LogP contribution < -0.4 is 5.32 Å². The highest BCUT2D eigenvalue weighted by atomic mass is 16.6. The van der Waals surface area contributed by atoms with E-state index in [1.54, 1.807) is 6.07 Å². The number of nitro benzene ring substituents is 1. The van der Waals surface area contributed by atoms with Gasteiger partial charge in [0, 0.05) is 17.8 Å². The van der Waals surface area contributed by atoms with Crippen molar-refractivity contribution in [1.29, 1.82) is 0 Å². The summed E-state index contributed by atoms with van der Waals surface area (Å²) in [5.41, 5.74) is 0.918. The lowest BCUT2D eigenvalue weighted by Crippen LogP contribution is -2.33. The minimum absolute atomic E-state index is 0.0395. The summed E-state index contributed by atoms with van der Waals surface area (Å²) in [6, 6.07) is 4.58. The van der Waals surface area contributed by atoms with Gasteiger partial charge in [0.2, 0.25) is 5.91 Å². The van der Waals surface area contributed by atoms with Gasteiger partial charge in [-0.15, -0.1) is 0 Å². The Balaban J connectivity index is 2.57. The lowest BCUT2D eigenvalue weighted by atomic mass is 9.75. The van der Waals surface area contributed by atoms with Crippen LogP contribution in [-0.2, 0) is 10.2 Å². The highest BCUT2D eigenvalue weighted by Crippen LogP contribution is 2.44. The molecule has 5 nitrogen and oxygen atoms in total. The first kappa shape index (κ1) is 12.5. The highest BCUT2D eigenvalue weighted by molar-refractivity contribution is 6.06. The quantitative estimate of drug-likeness (QED) is 0.657. The third-order valence-corrected chi connectivity index (χ3v) is 3.69. The van der Waals surface area contributed by atoms with E-state index < -0.39 is 10.3 Å². The van der Waals surface area contributed by atoms with Crippen molar-refractivity contribution in [2.45, 2.75) is 38.5 Å². The molecule has 1 aromatic carbocycles. The normalized spacial score (nSPS) is 21.6. The fraction of sp³-hybridized carbons (Fsp3) is 0.462. The monoisotopic (exact) mass is 248 g/mol. The van der Waals surface area contributed by atoms with Crippen molar-refractivity contribution >= 4 is 17.3 Å². The number of rotatable bonds is 4. The minimum Gasteiger partial charge on any atom is -0.325 e. The molecule has 2 rings (SSSR count). The molecule has 0 aliphatic carbocycles. The molecule has 1 unspecified atom stereocenters. The maximum absolute atomic E-state index is 12.2. The Morgan fingerprint density at radius 2 is 2.11 bits per heavy atom. The van der Waals surface area contributed by atoms with Crippen molar-refractivity contribution in [2.75, 3.05) is 5.32 Å². The molecule has 18 heavy (non-hydrogen) atoms. The topological polar surface area (TPSA) is 72.2 Å². The number of carbonyl (C=O) groups excluding carboxylic acids is 1. The van der Waals surface area contributed by atoms with Gasteiger partial charge in [-0.2, -0.15) is 0 Å². The maximum atomic E-state index is 12.2. The first-order valence-corrected chi connectivity index (χ1v) is 6.15. The van der Waals surface area contributed by atoms with E-state index >= 15 is 0 Å². The zero-order chi connectivity index (χ0) is 13.3. The lowest BCUT2D eigenvalue weighted by Gasteiger charge is -2.25. The number of nitrogens with zero attached hydrogens (tertiary/aromatic N) is 1. The van der Waals surface area contributed by atoms with Crippen molar-refractivity contribution < 1.29 is 9.72 Å². The fourth-order valence-corrected chi connectivity index (χ4v) is 2.72. The van der Waals surface area contributed by atoms with E-state index in [1.165, 1.54) is 12.1 Å². The van der Waals surface area contributed by atoms with Gasteiger partial charge in [0.05, 0.1) is 10.3 Å². The van der Waals surface area contributed by atoms with Crippen LogP contribution >= 0.6 is 0 Å².